The molecule has 9 heteroatoms. The first-order chi connectivity index (χ1) is 11.1. The lowest BCUT2D eigenvalue weighted by atomic mass is 9.94. The Labute approximate surface area is 134 Å². The molecule has 0 saturated carbocycles. The highest BCUT2D eigenvalue weighted by Crippen LogP contribution is 2.39. The molecule has 24 heavy (non-hydrogen) atoms. The van der Waals surface area contributed by atoms with Gasteiger partial charge in [0.05, 0.1) is 5.56 Å². The van der Waals surface area contributed by atoms with Crippen molar-refractivity contribution in [3.8, 4) is 0 Å². The molecule has 2 nitrogen and oxygen atoms in total. The number of piperazine rings is 1. The van der Waals surface area contributed by atoms with Crippen LogP contribution in [0.5, 0.6) is 0 Å². The number of rotatable bonds is 4. The van der Waals surface area contributed by atoms with E-state index in [0.29, 0.717) is 44.4 Å². The van der Waals surface area contributed by atoms with Crippen molar-refractivity contribution in [2.24, 2.45) is 0 Å². The molecule has 0 bridgehead atoms. The number of nitrogens with zero attached hydrogens (tertiary/aromatic N) is 1. The molecule has 1 heterocycles. The maximum absolute atomic E-state index is 13.5. The maximum Gasteiger partial charge on any atom is 0.416 e. The Balaban J connectivity index is 2.40. The van der Waals surface area contributed by atoms with Crippen molar-refractivity contribution in [3.05, 3.63) is 35.1 Å². The van der Waals surface area contributed by atoms with Crippen LogP contribution in [0.15, 0.2) is 18.2 Å². The van der Waals surface area contributed by atoms with Crippen molar-refractivity contribution in [2.45, 2.75) is 31.2 Å². The van der Waals surface area contributed by atoms with Crippen molar-refractivity contribution in [1.29, 1.82) is 0 Å². The van der Waals surface area contributed by atoms with Crippen LogP contribution in [0.4, 0.5) is 30.7 Å². The molecule has 2 rings (SSSR count). The minimum atomic E-state index is -4.76. The van der Waals surface area contributed by atoms with Gasteiger partial charge >= 0.3 is 12.4 Å². The molecule has 1 aliphatic rings. The third-order valence-electron chi connectivity index (χ3n) is 3.97. The Hall–Kier alpha value is -1.35. The summed E-state index contributed by atoms with van der Waals surface area (Å²) in [4.78, 5) is 1.55. The minimum Gasteiger partial charge on any atom is -0.314 e. The van der Waals surface area contributed by atoms with Gasteiger partial charge in [-0.3, -0.25) is 4.90 Å². The number of hydrogen-bond acceptors (Lipinski definition) is 2. The molecule has 0 amide bonds. The minimum absolute atomic E-state index is 0.302. The van der Waals surface area contributed by atoms with Crippen LogP contribution in [0.1, 0.15) is 30.0 Å². The second-order valence-electron chi connectivity index (χ2n) is 5.68. The van der Waals surface area contributed by atoms with Crippen molar-refractivity contribution in [2.75, 3.05) is 26.2 Å². The van der Waals surface area contributed by atoms with Crippen LogP contribution in [-0.2, 0) is 6.18 Å². The van der Waals surface area contributed by atoms with Crippen LogP contribution in [-0.4, -0.2) is 37.3 Å². The third-order valence-corrected chi connectivity index (χ3v) is 3.97. The molecule has 1 aliphatic heterocycles. The number of benzene rings is 1. The molecule has 1 fully saturated rings. The molecule has 0 aromatic heterocycles. The highest BCUT2D eigenvalue weighted by atomic mass is 19.4. The van der Waals surface area contributed by atoms with E-state index in [0.717, 1.165) is 0 Å². The lowest BCUT2D eigenvalue weighted by molar-refractivity contribution is -0.141. The molecule has 0 aliphatic carbocycles. The van der Waals surface area contributed by atoms with Gasteiger partial charge in [0, 0.05) is 38.6 Å². The predicted molar refractivity (Wildman–Crippen MR) is 73.9 cm³/mol. The van der Waals surface area contributed by atoms with Gasteiger partial charge in [-0.25, -0.2) is 4.39 Å². The molecule has 1 aromatic carbocycles. The predicted octanol–water partition coefficient (Wildman–Crippen LogP) is 4.13. The van der Waals surface area contributed by atoms with Crippen LogP contribution in [0, 0.1) is 5.82 Å². The quantitative estimate of drug-likeness (QED) is 0.814. The Kier molecular flexibility index (Phi) is 5.74. The van der Waals surface area contributed by atoms with Gasteiger partial charge in [0.25, 0.3) is 0 Å². The molecular formula is C15H17F7N2. The molecule has 0 radical (unpaired) electrons. The second-order valence-corrected chi connectivity index (χ2v) is 5.68. The van der Waals surface area contributed by atoms with Crippen LogP contribution in [0.2, 0.25) is 0 Å². The fourth-order valence-corrected chi connectivity index (χ4v) is 2.90. The van der Waals surface area contributed by atoms with Crippen molar-refractivity contribution in [1.82, 2.24) is 10.2 Å². The zero-order valence-corrected chi connectivity index (χ0v) is 12.6. The second kappa shape index (κ2) is 7.26. The molecule has 136 valence electrons. The third kappa shape index (κ3) is 5.07. The van der Waals surface area contributed by atoms with Gasteiger partial charge in [-0.2, -0.15) is 26.3 Å². The van der Waals surface area contributed by atoms with E-state index in [-0.39, 0.29) is 0 Å². The van der Waals surface area contributed by atoms with Crippen LogP contribution in [0.25, 0.3) is 0 Å². The van der Waals surface area contributed by atoms with E-state index < -0.39 is 48.2 Å². The first-order valence-electron chi connectivity index (χ1n) is 7.46. The molecule has 1 saturated heterocycles. The van der Waals surface area contributed by atoms with Gasteiger partial charge in [0.1, 0.15) is 5.82 Å². The largest absolute Gasteiger partial charge is 0.416 e. The maximum atomic E-state index is 13.5. The van der Waals surface area contributed by atoms with Crippen molar-refractivity contribution < 1.29 is 30.7 Å². The average Bonchev–Trinajstić information content (AvgIpc) is 2.46. The Bertz CT molecular complexity index is 548. The summed E-state index contributed by atoms with van der Waals surface area (Å²) in [7, 11) is 0. The summed E-state index contributed by atoms with van der Waals surface area (Å²) < 4.78 is 90.9. The van der Waals surface area contributed by atoms with E-state index in [9.17, 15) is 30.7 Å². The van der Waals surface area contributed by atoms with E-state index in [1.807, 2.05) is 0 Å². The van der Waals surface area contributed by atoms with Gasteiger partial charge in [-0.15, -0.1) is 0 Å². The number of alkyl halides is 6. The van der Waals surface area contributed by atoms with Gasteiger partial charge in [-0.05, 0) is 30.2 Å². The van der Waals surface area contributed by atoms with E-state index in [4.69, 9.17) is 0 Å². The van der Waals surface area contributed by atoms with Gasteiger partial charge < -0.3 is 5.32 Å². The SMILES string of the molecule is Fc1ccc(C(F)(F)F)c([C@@H](CCC(F)(F)F)N2CCNCC2)c1. The summed E-state index contributed by atoms with van der Waals surface area (Å²) in [6.45, 7) is 1.52. The van der Waals surface area contributed by atoms with Crippen molar-refractivity contribution >= 4 is 0 Å². The van der Waals surface area contributed by atoms with Crippen LogP contribution in [0.3, 0.4) is 0 Å². The first kappa shape index (κ1) is 19.0. The van der Waals surface area contributed by atoms with Crippen LogP contribution >= 0.6 is 0 Å². The highest BCUT2D eigenvalue weighted by molar-refractivity contribution is 5.33. The number of halogens is 7. The lowest BCUT2D eigenvalue weighted by Crippen LogP contribution is -2.45. The van der Waals surface area contributed by atoms with Gasteiger partial charge in [0.2, 0.25) is 0 Å². The number of nitrogens with one attached hydrogen (secondary N) is 1. The standard InChI is InChI=1S/C15H17F7N2/c16-10-1-2-12(15(20,21)22)11(9-10)13(3-4-14(17,18)19)24-7-5-23-6-8-24/h1-2,9,13,23H,3-8H2/t13-/m1/s1. The fraction of sp³-hybridized carbons (Fsp3) is 0.600. The van der Waals surface area contributed by atoms with Gasteiger partial charge in [0.15, 0.2) is 0 Å². The lowest BCUT2D eigenvalue weighted by Gasteiger charge is -2.36. The molecule has 1 N–H and O–H groups in total. The summed E-state index contributed by atoms with van der Waals surface area (Å²) in [5.74, 6) is -0.898. The van der Waals surface area contributed by atoms with Crippen molar-refractivity contribution in [3.63, 3.8) is 0 Å². The summed E-state index contributed by atoms with van der Waals surface area (Å²) in [5.41, 5.74) is -1.52. The fourth-order valence-electron chi connectivity index (χ4n) is 2.90. The monoisotopic (exact) mass is 358 g/mol. The summed E-state index contributed by atoms with van der Waals surface area (Å²) in [6, 6.07) is 0.825. The highest BCUT2D eigenvalue weighted by Gasteiger charge is 2.38. The normalized spacial score (nSPS) is 18.6. The Morgan fingerprint density at radius 1 is 1.04 bits per heavy atom. The van der Waals surface area contributed by atoms with E-state index in [2.05, 4.69) is 5.32 Å². The smallest absolute Gasteiger partial charge is 0.314 e. The molecule has 1 atom stereocenters. The zero-order chi connectivity index (χ0) is 18.0. The Morgan fingerprint density at radius 2 is 1.67 bits per heavy atom. The van der Waals surface area contributed by atoms with E-state index in [1.54, 1.807) is 4.90 Å². The topological polar surface area (TPSA) is 15.3 Å². The molecule has 0 unspecified atom stereocenters. The van der Waals surface area contributed by atoms with Gasteiger partial charge in [-0.1, -0.05) is 0 Å². The molecule has 0 spiro atoms. The zero-order valence-electron chi connectivity index (χ0n) is 12.6. The van der Waals surface area contributed by atoms with E-state index >= 15 is 0 Å². The van der Waals surface area contributed by atoms with Crippen LogP contribution < -0.4 is 5.32 Å². The summed E-state index contributed by atoms with van der Waals surface area (Å²) >= 11 is 0. The number of hydrogen-bond donors (Lipinski definition) is 1. The summed E-state index contributed by atoms with van der Waals surface area (Å²) in [5, 5.41) is 2.99. The average molecular weight is 358 g/mol. The molecule has 1 aromatic rings. The summed E-state index contributed by atoms with van der Waals surface area (Å²) in [6.07, 6.45) is -11.0. The Morgan fingerprint density at radius 3 is 2.21 bits per heavy atom. The van der Waals surface area contributed by atoms with E-state index in [1.165, 1.54) is 0 Å². The first-order valence-corrected chi connectivity index (χ1v) is 7.46. The molecular weight excluding hydrogens is 341 g/mol.